The van der Waals surface area contributed by atoms with Gasteiger partial charge in [-0.2, -0.15) is 0 Å². The predicted molar refractivity (Wildman–Crippen MR) is 63.3 cm³/mol. The molecule has 0 saturated carbocycles. The van der Waals surface area contributed by atoms with Crippen molar-refractivity contribution in [3.8, 4) is 0 Å². The van der Waals surface area contributed by atoms with E-state index in [0.29, 0.717) is 0 Å². The van der Waals surface area contributed by atoms with Crippen LogP contribution in [0, 0.1) is 25.3 Å². The van der Waals surface area contributed by atoms with Gasteiger partial charge >= 0.3 is 0 Å². The van der Waals surface area contributed by atoms with Crippen molar-refractivity contribution in [3.63, 3.8) is 0 Å². The molecule has 1 aromatic carbocycles. The maximum absolute atomic E-state index is 5.34. The van der Waals surface area contributed by atoms with E-state index >= 15 is 0 Å². The van der Waals surface area contributed by atoms with Crippen LogP contribution in [0.1, 0.15) is 16.8 Å². The summed E-state index contributed by atoms with van der Waals surface area (Å²) in [5.74, 6) is 0. The lowest BCUT2D eigenvalue weighted by Crippen LogP contribution is -1.89. The number of nitrogens with one attached hydrogen (secondary N) is 1. The molecule has 0 fully saturated rings. The van der Waals surface area contributed by atoms with Crippen LogP contribution in [0.3, 0.4) is 0 Å². The van der Waals surface area contributed by atoms with E-state index in [1.807, 2.05) is 13.0 Å². The summed E-state index contributed by atoms with van der Waals surface area (Å²) in [6.07, 6.45) is 0. The SMILES string of the molecule is Cc1cc(C)c2[nH]c(C)cc(=S)c2c1. The van der Waals surface area contributed by atoms with E-state index in [4.69, 9.17) is 12.2 Å². The molecule has 0 atom stereocenters. The normalized spacial score (nSPS) is 10.8. The number of pyridine rings is 1. The zero-order valence-electron chi connectivity index (χ0n) is 8.64. The number of hydrogen-bond acceptors (Lipinski definition) is 1. The molecule has 72 valence electrons. The zero-order valence-corrected chi connectivity index (χ0v) is 9.46. The highest BCUT2D eigenvalue weighted by molar-refractivity contribution is 7.71. The molecule has 1 nitrogen and oxygen atoms in total. The van der Waals surface area contributed by atoms with Crippen LogP contribution in [0.15, 0.2) is 18.2 Å². The zero-order chi connectivity index (χ0) is 10.3. The van der Waals surface area contributed by atoms with E-state index in [0.717, 1.165) is 15.6 Å². The quantitative estimate of drug-likeness (QED) is 0.643. The molecule has 2 aromatic rings. The average molecular weight is 203 g/mol. The molecule has 1 aromatic heterocycles. The lowest BCUT2D eigenvalue weighted by Gasteiger charge is -2.06. The van der Waals surface area contributed by atoms with Gasteiger partial charge in [-0.25, -0.2) is 0 Å². The fourth-order valence-corrected chi connectivity index (χ4v) is 2.17. The van der Waals surface area contributed by atoms with Crippen LogP contribution in [-0.2, 0) is 0 Å². The topological polar surface area (TPSA) is 15.8 Å². The molecule has 0 aliphatic heterocycles. The Balaban J connectivity index is 3.02. The van der Waals surface area contributed by atoms with E-state index in [2.05, 4.69) is 31.0 Å². The molecule has 0 saturated heterocycles. The van der Waals surface area contributed by atoms with Gasteiger partial charge in [0.15, 0.2) is 0 Å². The summed E-state index contributed by atoms with van der Waals surface area (Å²) in [7, 11) is 0. The van der Waals surface area contributed by atoms with Crippen molar-refractivity contribution in [2.24, 2.45) is 0 Å². The number of H-pyrrole nitrogens is 1. The van der Waals surface area contributed by atoms with Gasteiger partial charge < -0.3 is 4.98 Å². The van der Waals surface area contributed by atoms with E-state index in [1.54, 1.807) is 0 Å². The Morgan fingerprint density at radius 1 is 1.07 bits per heavy atom. The number of aryl methyl sites for hydroxylation is 3. The van der Waals surface area contributed by atoms with Gasteiger partial charge in [-0.1, -0.05) is 23.8 Å². The molecule has 14 heavy (non-hydrogen) atoms. The van der Waals surface area contributed by atoms with E-state index in [1.165, 1.54) is 16.6 Å². The first kappa shape index (κ1) is 9.41. The van der Waals surface area contributed by atoms with E-state index in [-0.39, 0.29) is 0 Å². The van der Waals surface area contributed by atoms with Gasteiger partial charge in [-0.05, 0) is 38.5 Å². The summed E-state index contributed by atoms with van der Waals surface area (Å²) in [6, 6.07) is 6.32. The first-order valence-corrected chi connectivity index (χ1v) is 5.09. The third-order valence-electron chi connectivity index (χ3n) is 2.42. The number of rotatable bonds is 0. The molecule has 1 heterocycles. The Kier molecular flexibility index (Phi) is 2.16. The molecule has 0 bridgehead atoms. The Labute approximate surface area is 88.8 Å². The van der Waals surface area contributed by atoms with Crippen molar-refractivity contribution in [2.75, 3.05) is 0 Å². The van der Waals surface area contributed by atoms with Crippen LogP contribution in [0.4, 0.5) is 0 Å². The fraction of sp³-hybridized carbons (Fsp3) is 0.250. The second kappa shape index (κ2) is 3.21. The van der Waals surface area contributed by atoms with Crippen molar-refractivity contribution < 1.29 is 0 Å². The molecular weight excluding hydrogens is 190 g/mol. The first-order valence-electron chi connectivity index (χ1n) is 4.69. The standard InChI is InChI=1S/C12H13NS/c1-7-4-8(2)12-10(5-7)11(14)6-9(3)13-12/h4-6H,1-3H3,(H,13,14). The van der Waals surface area contributed by atoms with Crippen LogP contribution < -0.4 is 0 Å². The van der Waals surface area contributed by atoms with Crippen molar-refractivity contribution >= 4 is 23.1 Å². The highest BCUT2D eigenvalue weighted by Gasteiger charge is 2.01. The van der Waals surface area contributed by atoms with Gasteiger partial charge in [0.25, 0.3) is 0 Å². The van der Waals surface area contributed by atoms with Gasteiger partial charge in [0.05, 0.1) is 0 Å². The van der Waals surface area contributed by atoms with Gasteiger partial charge in [0.2, 0.25) is 0 Å². The van der Waals surface area contributed by atoms with Gasteiger partial charge in [0.1, 0.15) is 0 Å². The summed E-state index contributed by atoms with van der Waals surface area (Å²) in [6.45, 7) is 6.25. The summed E-state index contributed by atoms with van der Waals surface area (Å²) in [5.41, 5.74) is 4.81. The summed E-state index contributed by atoms with van der Waals surface area (Å²) in [4.78, 5) is 3.36. The maximum Gasteiger partial charge on any atom is 0.0499 e. The lowest BCUT2D eigenvalue weighted by molar-refractivity contribution is 1.23. The third-order valence-corrected chi connectivity index (χ3v) is 2.75. The molecule has 0 spiro atoms. The van der Waals surface area contributed by atoms with Gasteiger partial charge in [-0.3, -0.25) is 0 Å². The molecule has 0 unspecified atom stereocenters. The number of fused-ring (bicyclic) bond motifs is 1. The minimum absolute atomic E-state index is 0.933. The number of hydrogen-bond donors (Lipinski definition) is 1. The highest BCUT2D eigenvalue weighted by atomic mass is 32.1. The van der Waals surface area contributed by atoms with Gasteiger partial charge in [0, 0.05) is 21.1 Å². The second-order valence-electron chi connectivity index (χ2n) is 3.82. The maximum atomic E-state index is 5.34. The number of aromatic nitrogens is 1. The molecule has 0 aliphatic rings. The Hall–Kier alpha value is -1.15. The van der Waals surface area contributed by atoms with Crippen molar-refractivity contribution in [1.82, 2.24) is 4.98 Å². The van der Waals surface area contributed by atoms with Crippen LogP contribution in [0.25, 0.3) is 10.9 Å². The Bertz CT molecular complexity index is 552. The van der Waals surface area contributed by atoms with E-state index < -0.39 is 0 Å². The smallest absolute Gasteiger partial charge is 0.0499 e. The Morgan fingerprint density at radius 3 is 2.50 bits per heavy atom. The van der Waals surface area contributed by atoms with E-state index in [9.17, 15) is 0 Å². The Morgan fingerprint density at radius 2 is 1.79 bits per heavy atom. The molecule has 0 aliphatic carbocycles. The van der Waals surface area contributed by atoms with Crippen molar-refractivity contribution in [3.05, 3.63) is 39.5 Å². The molecule has 2 rings (SSSR count). The molecule has 2 heteroatoms. The fourth-order valence-electron chi connectivity index (χ4n) is 1.84. The molecular formula is C12H13NS. The molecule has 0 amide bonds. The summed E-state index contributed by atoms with van der Waals surface area (Å²) < 4.78 is 0.933. The van der Waals surface area contributed by atoms with Crippen LogP contribution in [0.5, 0.6) is 0 Å². The third kappa shape index (κ3) is 1.46. The van der Waals surface area contributed by atoms with Crippen LogP contribution in [-0.4, -0.2) is 4.98 Å². The summed E-state index contributed by atoms with van der Waals surface area (Å²) in [5, 5.41) is 1.16. The minimum Gasteiger partial charge on any atom is -0.358 e. The molecule has 1 N–H and O–H groups in total. The summed E-state index contributed by atoms with van der Waals surface area (Å²) >= 11 is 5.34. The van der Waals surface area contributed by atoms with Crippen LogP contribution >= 0.6 is 12.2 Å². The monoisotopic (exact) mass is 203 g/mol. The first-order chi connectivity index (χ1) is 6.58. The van der Waals surface area contributed by atoms with Gasteiger partial charge in [-0.15, -0.1) is 0 Å². The van der Waals surface area contributed by atoms with Crippen molar-refractivity contribution in [1.29, 1.82) is 0 Å². The second-order valence-corrected chi connectivity index (χ2v) is 4.26. The number of aromatic amines is 1. The largest absolute Gasteiger partial charge is 0.358 e. The van der Waals surface area contributed by atoms with Crippen molar-refractivity contribution in [2.45, 2.75) is 20.8 Å². The average Bonchev–Trinajstić information content (AvgIpc) is 2.07. The van der Waals surface area contributed by atoms with Crippen LogP contribution in [0.2, 0.25) is 0 Å². The predicted octanol–water partition coefficient (Wildman–Crippen LogP) is 3.82. The highest BCUT2D eigenvalue weighted by Crippen LogP contribution is 2.20. The number of benzene rings is 1. The lowest BCUT2D eigenvalue weighted by atomic mass is 10.1. The molecule has 0 radical (unpaired) electrons. The minimum atomic E-state index is 0.933.